The predicted molar refractivity (Wildman–Crippen MR) is 91.2 cm³/mol. The maximum Gasteiger partial charge on any atom is 0.410 e. The first kappa shape index (κ1) is 15.9. The van der Waals surface area contributed by atoms with Gasteiger partial charge < -0.3 is 9.47 Å². The lowest BCUT2D eigenvalue weighted by Crippen LogP contribution is -2.42. The Labute approximate surface area is 141 Å². The van der Waals surface area contributed by atoms with Gasteiger partial charge >= 0.3 is 6.09 Å². The fraction of sp³-hybridized carbons (Fsp3) is 0.412. The van der Waals surface area contributed by atoms with Crippen molar-refractivity contribution >= 4 is 29.5 Å². The van der Waals surface area contributed by atoms with Crippen molar-refractivity contribution in [3.63, 3.8) is 0 Å². The first-order valence-corrected chi connectivity index (χ1v) is 7.99. The number of carbonyl (C=O) groups excluding carboxylic acids is 1. The Balaban J connectivity index is 1.73. The number of amides is 1. The molecular formula is C17H20N2O3S. The van der Waals surface area contributed by atoms with E-state index in [0.29, 0.717) is 18.2 Å². The van der Waals surface area contributed by atoms with Crippen molar-refractivity contribution in [2.45, 2.75) is 37.4 Å². The largest absolute Gasteiger partial charge is 0.489 e. The van der Waals surface area contributed by atoms with Crippen LogP contribution in [-0.2, 0) is 4.74 Å². The van der Waals surface area contributed by atoms with Gasteiger partial charge in [-0.25, -0.2) is 9.78 Å². The number of fused-ring (bicyclic) bond motifs is 1. The van der Waals surface area contributed by atoms with Gasteiger partial charge in [0.25, 0.3) is 0 Å². The van der Waals surface area contributed by atoms with Crippen LogP contribution in [0.5, 0.6) is 5.75 Å². The normalized spacial score (nSPS) is 18.3. The van der Waals surface area contributed by atoms with Crippen molar-refractivity contribution < 1.29 is 14.3 Å². The first-order valence-electron chi connectivity index (χ1n) is 7.54. The van der Waals surface area contributed by atoms with E-state index in [9.17, 15) is 4.79 Å². The maximum atomic E-state index is 11.9. The van der Waals surface area contributed by atoms with E-state index in [4.69, 9.17) is 9.47 Å². The van der Waals surface area contributed by atoms with E-state index in [1.54, 1.807) is 11.1 Å². The lowest BCUT2D eigenvalue weighted by Gasteiger charge is -2.29. The molecule has 1 aromatic heterocycles. The highest BCUT2D eigenvalue weighted by Crippen LogP contribution is 2.29. The van der Waals surface area contributed by atoms with Crippen LogP contribution in [0, 0.1) is 0 Å². The molecule has 2 heterocycles. The van der Waals surface area contributed by atoms with Crippen LogP contribution in [0.25, 0.3) is 10.8 Å². The third-order valence-corrected chi connectivity index (χ3v) is 4.21. The van der Waals surface area contributed by atoms with Crippen LogP contribution in [0.3, 0.4) is 0 Å². The first-order chi connectivity index (χ1) is 10.9. The Morgan fingerprint density at radius 2 is 2.13 bits per heavy atom. The van der Waals surface area contributed by atoms with Crippen molar-refractivity contribution in [3.05, 3.63) is 30.5 Å². The van der Waals surface area contributed by atoms with Gasteiger partial charge in [0.2, 0.25) is 0 Å². The molecule has 3 rings (SSSR count). The molecule has 0 saturated carbocycles. The summed E-state index contributed by atoms with van der Waals surface area (Å²) in [6.45, 7) is 6.82. The SMILES string of the molecule is CC(C)(C)N1CC(COc2cccc3c(S)nccc23)OC1=O. The Hall–Kier alpha value is -1.95. The number of hydrogen-bond donors (Lipinski definition) is 1. The number of cyclic esters (lactones) is 1. The van der Waals surface area contributed by atoms with E-state index in [0.717, 1.165) is 16.5 Å². The fourth-order valence-corrected chi connectivity index (χ4v) is 2.89. The third kappa shape index (κ3) is 3.22. The molecule has 0 N–H and O–H groups in total. The number of ether oxygens (including phenoxy) is 2. The molecule has 1 aliphatic heterocycles. The van der Waals surface area contributed by atoms with Gasteiger partial charge in [-0.2, -0.15) is 0 Å². The van der Waals surface area contributed by atoms with Gasteiger partial charge in [0.05, 0.1) is 6.54 Å². The molecule has 1 fully saturated rings. The molecule has 0 bridgehead atoms. The number of rotatable bonds is 3. The Morgan fingerprint density at radius 1 is 1.35 bits per heavy atom. The minimum atomic E-state index is -0.286. The molecule has 5 nitrogen and oxygen atoms in total. The van der Waals surface area contributed by atoms with Crippen LogP contribution in [0.4, 0.5) is 4.79 Å². The van der Waals surface area contributed by atoms with Crippen molar-refractivity contribution in [2.75, 3.05) is 13.2 Å². The smallest absolute Gasteiger partial charge is 0.410 e. The van der Waals surface area contributed by atoms with E-state index in [-0.39, 0.29) is 17.7 Å². The molecule has 23 heavy (non-hydrogen) atoms. The number of nitrogens with zero attached hydrogens (tertiary/aromatic N) is 2. The molecule has 0 radical (unpaired) electrons. The highest BCUT2D eigenvalue weighted by Gasteiger charge is 2.38. The molecular weight excluding hydrogens is 312 g/mol. The zero-order valence-electron chi connectivity index (χ0n) is 13.4. The van der Waals surface area contributed by atoms with Gasteiger partial charge in [-0.15, -0.1) is 12.6 Å². The number of carbonyl (C=O) groups is 1. The third-order valence-electron chi connectivity index (χ3n) is 3.85. The summed E-state index contributed by atoms with van der Waals surface area (Å²) in [4.78, 5) is 17.8. The molecule has 0 spiro atoms. The standard InChI is InChI=1S/C17H20N2O3S/c1-17(2,3)19-9-11(22-16(19)20)10-21-14-6-4-5-13-12(14)7-8-18-15(13)23/h4-8,11H,9-10H2,1-3H3,(H,18,23). The summed E-state index contributed by atoms with van der Waals surface area (Å²) in [5, 5.41) is 2.55. The second kappa shape index (κ2) is 5.92. The van der Waals surface area contributed by atoms with E-state index >= 15 is 0 Å². The minimum absolute atomic E-state index is 0.252. The Morgan fingerprint density at radius 3 is 2.83 bits per heavy atom. The highest BCUT2D eigenvalue weighted by atomic mass is 32.1. The predicted octanol–water partition coefficient (Wildman–Crippen LogP) is 3.52. The highest BCUT2D eigenvalue weighted by molar-refractivity contribution is 7.80. The fourth-order valence-electron chi connectivity index (χ4n) is 2.63. The van der Waals surface area contributed by atoms with Crippen LogP contribution in [0.2, 0.25) is 0 Å². The monoisotopic (exact) mass is 332 g/mol. The summed E-state index contributed by atoms with van der Waals surface area (Å²) < 4.78 is 11.3. The molecule has 2 aromatic rings. The van der Waals surface area contributed by atoms with Gasteiger partial charge in [-0.05, 0) is 32.9 Å². The van der Waals surface area contributed by atoms with Crippen molar-refractivity contribution in [1.82, 2.24) is 9.88 Å². The van der Waals surface area contributed by atoms with Crippen LogP contribution >= 0.6 is 12.6 Å². The molecule has 0 aliphatic carbocycles. The molecule has 1 saturated heterocycles. The van der Waals surface area contributed by atoms with Crippen LogP contribution < -0.4 is 4.74 Å². The van der Waals surface area contributed by atoms with E-state index in [1.807, 2.05) is 45.0 Å². The second-order valence-electron chi connectivity index (χ2n) is 6.58. The maximum absolute atomic E-state index is 11.9. The van der Waals surface area contributed by atoms with Gasteiger partial charge in [-0.3, -0.25) is 4.90 Å². The number of aromatic nitrogens is 1. The van der Waals surface area contributed by atoms with Gasteiger partial charge in [-0.1, -0.05) is 12.1 Å². The second-order valence-corrected chi connectivity index (χ2v) is 7.01. The molecule has 1 amide bonds. The van der Waals surface area contributed by atoms with Crippen molar-refractivity contribution in [1.29, 1.82) is 0 Å². The number of thiol groups is 1. The zero-order chi connectivity index (χ0) is 16.6. The number of benzene rings is 1. The lowest BCUT2D eigenvalue weighted by atomic mass is 10.1. The zero-order valence-corrected chi connectivity index (χ0v) is 14.3. The van der Waals surface area contributed by atoms with Gasteiger partial charge in [0.1, 0.15) is 17.4 Å². The summed E-state index contributed by atoms with van der Waals surface area (Å²) in [7, 11) is 0. The van der Waals surface area contributed by atoms with Crippen LogP contribution in [0.1, 0.15) is 20.8 Å². The summed E-state index contributed by atoms with van der Waals surface area (Å²) in [6, 6.07) is 7.65. The molecule has 122 valence electrons. The Bertz CT molecular complexity index is 742. The quantitative estimate of drug-likeness (QED) is 0.874. The Kier molecular flexibility index (Phi) is 4.10. The lowest BCUT2D eigenvalue weighted by molar-refractivity contribution is 0.0997. The summed E-state index contributed by atoms with van der Waals surface area (Å²) >= 11 is 4.37. The van der Waals surface area contributed by atoms with E-state index in [1.165, 1.54) is 0 Å². The van der Waals surface area contributed by atoms with E-state index in [2.05, 4.69) is 17.6 Å². The average molecular weight is 332 g/mol. The average Bonchev–Trinajstić information content (AvgIpc) is 2.87. The number of hydrogen-bond acceptors (Lipinski definition) is 5. The number of pyridine rings is 1. The van der Waals surface area contributed by atoms with Crippen molar-refractivity contribution in [2.24, 2.45) is 0 Å². The van der Waals surface area contributed by atoms with Crippen LogP contribution in [-0.4, -0.2) is 40.8 Å². The minimum Gasteiger partial charge on any atom is -0.489 e. The summed E-state index contributed by atoms with van der Waals surface area (Å²) in [5.41, 5.74) is -0.252. The topological polar surface area (TPSA) is 51.7 Å². The van der Waals surface area contributed by atoms with Gasteiger partial charge in [0.15, 0.2) is 6.10 Å². The summed E-state index contributed by atoms with van der Waals surface area (Å²) in [5.74, 6) is 0.741. The molecule has 1 atom stereocenters. The van der Waals surface area contributed by atoms with Gasteiger partial charge in [0, 0.05) is 22.5 Å². The molecule has 1 aliphatic rings. The van der Waals surface area contributed by atoms with Crippen molar-refractivity contribution in [3.8, 4) is 5.75 Å². The van der Waals surface area contributed by atoms with Crippen LogP contribution in [0.15, 0.2) is 35.5 Å². The van der Waals surface area contributed by atoms with E-state index < -0.39 is 0 Å². The molecule has 1 unspecified atom stereocenters. The summed E-state index contributed by atoms with van der Waals surface area (Å²) in [6.07, 6.45) is 1.15. The molecule has 6 heteroatoms. The molecule has 1 aromatic carbocycles.